The molecule has 2 heterocycles. The quantitative estimate of drug-likeness (QED) is 0.881. The molecule has 1 aliphatic rings. The number of amides is 1. The van der Waals surface area contributed by atoms with Crippen LogP contribution in [0, 0.1) is 0 Å². The zero-order valence-electron chi connectivity index (χ0n) is 10.8. The predicted octanol–water partition coefficient (Wildman–Crippen LogP) is 1.56. The van der Waals surface area contributed by atoms with Crippen LogP contribution in [0.1, 0.15) is 44.2 Å². The molecule has 5 heteroatoms. The molecule has 98 valence electrons. The van der Waals surface area contributed by atoms with E-state index in [0.717, 1.165) is 38.0 Å². The van der Waals surface area contributed by atoms with Crippen LogP contribution in [0.2, 0.25) is 0 Å². The molecule has 1 aromatic rings. The van der Waals surface area contributed by atoms with E-state index in [9.17, 15) is 4.79 Å². The minimum Gasteiger partial charge on any atom is -0.368 e. The molecule has 2 rings (SSSR count). The van der Waals surface area contributed by atoms with Crippen LogP contribution in [-0.4, -0.2) is 33.9 Å². The van der Waals surface area contributed by atoms with Gasteiger partial charge in [0, 0.05) is 31.6 Å². The van der Waals surface area contributed by atoms with Gasteiger partial charge in [-0.2, -0.15) is 0 Å². The minimum atomic E-state index is 0.254. The first kappa shape index (κ1) is 12.8. The van der Waals surface area contributed by atoms with Crippen LogP contribution >= 0.6 is 0 Å². The van der Waals surface area contributed by atoms with Crippen molar-refractivity contribution in [3.63, 3.8) is 0 Å². The van der Waals surface area contributed by atoms with E-state index >= 15 is 0 Å². The van der Waals surface area contributed by atoms with Crippen LogP contribution in [-0.2, 0) is 4.79 Å². The molecule has 5 nitrogen and oxygen atoms in total. The van der Waals surface area contributed by atoms with Gasteiger partial charge in [-0.3, -0.25) is 4.79 Å². The second-order valence-electron chi connectivity index (χ2n) is 4.77. The Labute approximate surface area is 107 Å². The van der Waals surface area contributed by atoms with Crippen LogP contribution in [0.5, 0.6) is 0 Å². The van der Waals surface area contributed by atoms with Gasteiger partial charge in [0.1, 0.15) is 0 Å². The van der Waals surface area contributed by atoms with Crippen molar-refractivity contribution in [3.8, 4) is 0 Å². The minimum absolute atomic E-state index is 0.254. The molecule has 1 saturated heterocycles. The third-order valence-electron chi connectivity index (χ3n) is 3.35. The molecule has 18 heavy (non-hydrogen) atoms. The van der Waals surface area contributed by atoms with E-state index in [1.165, 1.54) is 0 Å². The highest BCUT2D eigenvalue weighted by atomic mass is 16.2. The molecule has 0 spiro atoms. The average Bonchev–Trinajstić information content (AvgIpc) is 2.39. The Bertz CT molecular complexity index is 421. The zero-order valence-corrected chi connectivity index (χ0v) is 10.8. The summed E-state index contributed by atoms with van der Waals surface area (Å²) in [5.74, 6) is 0.860. The summed E-state index contributed by atoms with van der Waals surface area (Å²) in [6, 6.07) is 1.90. The number of nitrogens with zero attached hydrogens (tertiary/aromatic N) is 3. The average molecular weight is 248 g/mol. The van der Waals surface area contributed by atoms with Gasteiger partial charge in [-0.05, 0) is 25.3 Å². The van der Waals surface area contributed by atoms with E-state index in [0.29, 0.717) is 18.3 Å². The highest BCUT2D eigenvalue weighted by molar-refractivity contribution is 5.76. The van der Waals surface area contributed by atoms with Gasteiger partial charge in [0.15, 0.2) is 0 Å². The number of rotatable bonds is 3. The SMILES string of the molecule is CCCC(=O)N1CCCC(c2ccnc(N)n2)C1. The largest absolute Gasteiger partial charge is 0.368 e. The van der Waals surface area contributed by atoms with Gasteiger partial charge < -0.3 is 10.6 Å². The molecule has 1 fully saturated rings. The highest BCUT2D eigenvalue weighted by Gasteiger charge is 2.25. The van der Waals surface area contributed by atoms with Crippen molar-refractivity contribution in [1.29, 1.82) is 0 Å². The molecule has 1 atom stereocenters. The predicted molar refractivity (Wildman–Crippen MR) is 69.9 cm³/mol. The van der Waals surface area contributed by atoms with Gasteiger partial charge in [0.25, 0.3) is 0 Å². The van der Waals surface area contributed by atoms with Crippen LogP contribution in [0.15, 0.2) is 12.3 Å². The summed E-state index contributed by atoms with van der Waals surface area (Å²) in [7, 11) is 0. The van der Waals surface area contributed by atoms with Crippen molar-refractivity contribution in [2.24, 2.45) is 0 Å². The maximum atomic E-state index is 11.9. The Balaban J connectivity index is 2.04. The first-order chi connectivity index (χ1) is 8.70. The lowest BCUT2D eigenvalue weighted by Crippen LogP contribution is -2.39. The van der Waals surface area contributed by atoms with Gasteiger partial charge in [0.2, 0.25) is 11.9 Å². The van der Waals surface area contributed by atoms with Crippen molar-refractivity contribution in [2.45, 2.75) is 38.5 Å². The number of nitrogens with two attached hydrogens (primary N) is 1. The molecule has 0 saturated carbocycles. The van der Waals surface area contributed by atoms with E-state index in [1.54, 1.807) is 6.20 Å². The Kier molecular flexibility index (Phi) is 4.12. The molecule has 0 radical (unpaired) electrons. The summed E-state index contributed by atoms with van der Waals surface area (Å²) >= 11 is 0. The lowest BCUT2D eigenvalue weighted by Gasteiger charge is -2.32. The number of carbonyl (C=O) groups excluding carboxylic acids is 1. The van der Waals surface area contributed by atoms with Crippen LogP contribution in [0.4, 0.5) is 5.95 Å². The van der Waals surface area contributed by atoms with Gasteiger partial charge >= 0.3 is 0 Å². The molecule has 0 bridgehead atoms. The standard InChI is InChI=1S/C13H20N4O/c1-2-4-12(18)17-8-3-5-10(9-17)11-6-7-15-13(14)16-11/h6-7,10H,2-5,8-9H2,1H3,(H2,14,15,16). The van der Waals surface area contributed by atoms with Crippen molar-refractivity contribution < 1.29 is 4.79 Å². The molecule has 0 aromatic carbocycles. The van der Waals surface area contributed by atoms with Crippen molar-refractivity contribution >= 4 is 11.9 Å². The molecular formula is C13H20N4O. The lowest BCUT2D eigenvalue weighted by atomic mass is 9.94. The van der Waals surface area contributed by atoms with Crippen LogP contribution in [0.25, 0.3) is 0 Å². The molecular weight excluding hydrogens is 228 g/mol. The summed E-state index contributed by atoms with van der Waals surface area (Å²) in [5, 5.41) is 0. The third-order valence-corrected chi connectivity index (χ3v) is 3.35. The first-order valence-corrected chi connectivity index (χ1v) is 6.57. The van der Waals surface area contributed by atoms with Crippen molar-refractivity contribution in [3.05, 3.63) is 18.0 Å². The molecule has 1 aromatic heterocycles. The van der Waals surface area contributed by atoms with Crippen molar-refractivity contribution in [1.82, 2.24) is 14.9 Å². The number of likely N-dealkylation sites (tertiary alicyclic amines) is 1. The molecule has 2 N–H and O–H groups in total. The number of hydrogen-bond acceptors (Lipinski definition) is 4. The summed E-state index contributed by atoms with van der Waals surface area (Å²) in [5.41, 5.74) is 6.56. The highest BCUT2D eigenvalue weighted by Crippen LogP contribution is 2.26. The third kappa shape index (κ3) is 2.97. The number of piperidine rings is 1. The summed E-state index contributed by atoms with van der Waals surface area (Å²) < 4.78 is 0. The Morgan fingerprint density at radius 3 is 3.17 bits per heavy atom. The van der Waals surface area contributed by atoms with Crippen LogP contribution < -0.4 is 5.73 Å². The second-order valence-corrected chi connectivity index (χ2v) is 4.77. The fraction of sp³-hybridized carbons (Fsp3) is 0.615. The normalized spacial score (nSPS) is 19.8. The monoisotopic (exact) mass is 248 g/mol. The first-order valence-electron chi connectivity index (χ1n) is 6.57. The van der Waals surface area contributed by atoms with Gasteiger partial charge in [-0.15, -0.1) is 0 Å². The number of anilines is 1. The number of hydrogen-bond donors (Lipinski definition) is 1. The fourth-order valence-electron chi connectivity index (χ4n) is 2.43. The Morgan fingerprint density at radius 2 is 2.44 bits per heavy atom. The topological polar surface area (TPSA) is 72.1 Å². The number of nitrogen functional groups attached to an aromatic ring is 1. The number of aromatic nitrogens is 2. The maximum absolute atomic E-state index is 11.9. The molecule has 0 aliphatic carbocycles. The smallest absolute Gasteiger partial charge is 0.222 e. The molecule has 1 amide bonds. The zero-order chi connectivity index (χ0) is 13.0. The van der Waals surface area contributed by atoms with Crippen molar-refractivity contribution in [2.75, 3.05) is 18.8 Å². The van der Waals surface area contributed by atoms with E-state index in [2.05, 4.69) is 9.97 Å². The molecule has 1 unspecified atom stereocenters. The Morgan fingerprint density at radius 1 is 1.61 bits per heavy atom. The lowest BCUT2D eigenvalue weighted by molar-refractivity contribution is -0.132. The number of carbonyl (C=O) groups is 1. The second kappa shape index (κ2) is 5.80. The van der Waals surface area contributed by atoms with E-state index in [1.807, 2.05) is 17.9 Å². The Hall–Kier alpha value is -1.65. The van der Waals surface area contributed by atoms with Gasteiger partial charge in [0.05, 0.1) is 5.69 Å². The fourth-order valence-corrected chi connectivity index (χ4v) is 2.43. The summed E-state index contributed by atoms with van der Waals surface area (Å²) in [4.78, 5) is 22.0. The van der Waals surface area contributed by atoms with Crippen LogP contribution in [0.3, 0.4) is 0 Å². The summed E-state index contributed by atoms with van der Waals surface area (Å²) in [6.07, 6.45) is 5.32. The van der Waals surface area contributed by atoms with E-state index in [-0.39, 0.29) is 5.91 Å². The van der Waals surface area contributed by atoms with Gasteiger partial charge in [-0.25, -0.2) is 9.97 Å². The van der Waals surface area contributed by atoms with Gasteiger partial charge in [-0.1, -0.05) is 6.92 Å². The maximum Gasteiger partial charge on any atom is 0.222 e. The summed E-state index contributed by atoms with van der Waals surface area (Å²) in [6.45, 7) is 3.66. The van der Waals surface area contributed by atoms with E-state index in [4.69, 9.17) is 5.73 Å². The van der Waals surface area contributed by atoms with E-state index < -0.39 is 0 Å². The molecule has 1 aliphatic heterocycles.